The molecule has 0 aromatic carbocycles. The molecule has 1 saturated heterocycles. The van der Waals surface area contributed by atoms with Crippen LogP contribution in [0, 0.1) is 0 Å². The number of thioether (sulfide) groups is 1. The number of rotatable bonds is 6. The molecule has 1 fully saturated rings. The number of hydrogen-bond donors (Lipinski definition) is 2. The Bertz CT molecular complexity index is 513. The van der Waals surface area contributed by atoms with Gasteiger partial charge in [0.2, 0.25) is 10.0 Å². The largest absolute Gasteiger partial charge is 0.369 e. The molecule has 1 aromatic rings. The van der Waals surface area contributed by atoms with Gasteiger partial charge in [-0.05, 0) is 37.7 Å². The lowest BCUT2D eigenvalue weighted by Gasteiger charge is -2.13. The molecule has 1 aliphatic heterocycles. The van der Waals surface area contributed by atoms with Crippen molar-refractivity contribution < 1.29 is 8.42 Å². The van der Waals surface area contributed by atoms with E-state index in [0.717, 1.165) is 12.2 Å². The van der Waals surface area contributed by atoms with Crippen LogP contribution in [0.25, 0.3) is 0 Å². The number of nitrogens with zero attached hydrogens (tertiary/aromatic N) is 1. The highest BCUT2D eigenvalue weighted by Crippen LogP contribution is 2.26. The Morgan fingerprint density at radius 2 is 2.37 bits per heavy atom. The summed E-state index contributed by atoms with van der Waals surface area (Å²) in [5.41, 5.74) is 0. The van der Waals surface area contributed by atoms with Crippen molar-refractivity contribution in [3.05, 3.63) is 18.3 Å². The Kier molecular flexibility index (Phi) is 5.06. The van der Waals surface area contributed by atoms with Crippen molar-refractivity contribution in [1.82, 2.24) is 9.71 Å². The first-order valence-corrected chi connectivity index (χ1v) is 8.97. The molecule has 2 rings (SSSR count). The Hall–Kier alpha value is -0.790. The third-order valence-electron chi connectivity index (χ3n) is 2.93. The zero-order valence-electron chi connectivity index (χ0n) is 10.9. The van der Waals surface area contributed by atoms with Crippen LogP contribution in [0.5, 0.6) is 0 Å². The van der Waals surface area contributed by atoms with Crippen molar-refractivity contribution in [1.29, 1.82) is 0 Å². The summed E-state index contributed by atoms with van der Waals surface area (Å²) >= 11 is 1.83. The molecule has 2 heterocycles. The van der Waals surface area contributed by atoms with Crippen molar-refractivity contribution in [2.45, 2.75) is 29.9 Å². The minimum atomic E-state index is -3.49. The fourth-order valence-corrected chi connectivity index (χ4v) is 4.51. The number of nitrogens with one attached hydrogen (secondary N) is 2. The molecule has 1 unspecified atom stereocenters. The van der Waals surface area contributed by atoms with Crippen LogP contribution in [0.15, 0.2) is 23.2 Å². The summed E-state index contributed by atoms with van der Waals surface area (Å²) in [6.45, 7) is 3.04. The lowest BCUT2D eigenvalue weighted by atomic mass is 10.2. The van der Waals surface area contributed by atoms with E-state index in [1.54, 1.807) is 18.3 Å². The maximum Gasteiger partial charge on any atom is 0.244 e. The predicted molar refractivity (Wildman–Crippen MR) is 79.1 cm³/mol. The Morgan fingerprint density at radius 3 is 3.05 bits per heavy atom. The molecule has 19 heavy (non-hydrogen) atoms. The molecule has 0 spiro atoms. The first-order chi connectivity index (χ1) is 9.13. The number of aromatic nitrogens is 1. The fourth-order valence-electron chi connectivity index (χ4n) is 1.99. The zero-order chi connectivity index (χ0) is 13.7. The van der Waals surface area contributed by atoms with Crippen LogP contribution in [0.4, 0.5) is 5.82 Å². The molecule has 1 atom stereocenters. The minimum Gasteiger partial charge on any atom is -0.369 e. The van der Waals surface area contributed by atoms with Crippen LogP contribution in [-0.4, -0.2) is 37.5 Å². The predicted octanol–water partition coefficient (Wildman–Crippen LogP) is 1.69. The Balaban J connectivity index is 2.09. The van der Waals surface area contributed by atoms with Gasteiger partial charge in [-0.2, -0.15) is 11.8 Å². The van der Waals surface area contributed by atoms with Crippen LogP contribution >= 0.6 is 11.8 Å². The second-order valence-corrected chi connectivity index (χ2v) is 7.51. The average molecular weight is 301 g/mol. The number of anilines is 1. The van der Waals surface area contributed by atoms with Crippen molar-refractivity contribution >= 4 is 27.6 Å². The topological polar surface area (TPSA) is 71.1 Å². The van der Waals surface area contributed by atoms with Crippen molar-refractivity contribution in [3.63, 3.8) is 0 Å². The maximum absolute atomic E-state index is 12.3. The molecule has 0 amide bonds. The van der Waals surface area contributed by atoms with Crippen LogP contribution in [0.2, 0.25) is 0 Å². The molecule has 0 saturated carbocycles. The van der Waals surface area contributed by atoms with Gasteiger partial charge in [0.15, 0.2) is 0 Å². The summed E-state index contributed by atoms with van der Waals surface area (Å²) in [4.78, 5) is 4.30. The molecular weight excluding hydrogens is 282 g/mol. The van der Waals surface area contributed by atoms with E-state index in [9.17, 15) is 8.42 Å². The third kappa shape index (κ3) is 3.84. The normalized spacial score (nSPS) is 19.5. The second-order valence-electron chi connectivity index (χ2n) is 4.37. The van der Waals surface area contributed by atoms with E-state index < -0.39 is 10.0 Å². The van der Waals surface area contributed by atoms with E-state index in [2.05, 4.69) is 15.0 Å². The van der Waals surface area contributed by atoms with Crippen LogP contribution in [0.3, 0.4) is 0 Å². The Labute approximate surface area is 118 Å². The van der Waals surface area contributed by atoms with E-state index in [4.69, 9.17) is 0 Å². The van der Waals surface area contributed by atoms with Gasteiger partial charge >= 0.3 is 0 Å². The van der Waals surface area contributed by atoms with E-state index >= 15 is 0 Å². The van der Waals surface area contributed by atoms with E-state index in [0.29, 0.717) is 24.2 Å². The number of sulfonamides is 1. The average Bonchev–Trinajstić information content (AvgIpc) is 2.91. The first-order valence-electron chi connectivity index (χ1n) is 6.43. The Morgan fingerprint density at radius 1 is 1.53 bits per heavy atom. The molecule has 0 aliphatic carbocycles. The van der Waals surface area contributed by atoms with Gasteiger partial charge in [0.25, 0.3) is 0 Å². The zero-order valence-corrected chi connectivity index (χ0v) is 12.6. The molecule has 0 radical (unpaired) electrons. The third-order valence-corrected chi connectivity index (χ3v) is 5.78. The van der Waals surface area contributed by atoms with Gasteiger partial charge in [0.1, 0.15) is 10.7 Å². The highest BCUT2D eigenvalue weighted by Gasteiger charge is 2.22. The number of pyridine rings is 1. The van der Waals surface area contributed by atoms with E-state index in [-0.39, 0.29) is 4.90 Å². The molecule has 2 N–H and O–H groups in total. The first kappa shape index (κ1) is 14.6. The van der Waals surface area contributed by atoms with Crippen LogP contribution < -0.4 is 10.0 Å². The van der Waals surface area contributed by atoms with Gasteiger partial charge in [-0.15, -0.1) is 0 Å². The van der Waals surface area contributed by atoms with Gasteiger partial charge in [0.05, 0.1) is 0 Å². The summed E-state index contributed by atoms with van der Waals surface area (Å²) in [5, 5.41) is 3.37. The van der Waals surface area contributed by atoms with Gasteiger partial charge in [-0.3, -0.25) is 0 Å². The monoisotopic (exact) mass is 301 g/mol. The molecule has 7 heteroatoms. The lowest BCUT2D eigenvalue weighted by molar-refractivity contribution is 0.579. The highest BCUT2D eigenvalue weighted by atomic mass is 32.2. The van der Waals surface area contributed by atoms with Crippen molar-refractivity contribution in [2.75, 3.05) is 24.2 Å². The van der Waals surface area contributed by atoms with Crippen LogP contribution in [0.1, 0.15) is 19.8 Å². The lowest BCUT2D eigenvalue weighted by Crippen LogP contribution is -2.30. The number of hydrogen-bond acceptors (Lipinski definition) is 5. The molecule has 106 valence electrons. The minimum absolute atomic E-state index is 0.222. The summed E-state index contributed by atoms with van der Waals surface area (Å²) in [6.07, 6.45) is 3.84. The van der Waals surface area contributed by atoms with Gasteiger partial charge in [-0.1, -0.05) is 0 Å². The van der Waals surface area contributed by atoms with Gasteiger partial charge in [0, 0.05) is 24.5 Å². The fraction of sp³-hybridized carbons (Fsp3) is 0.583. The quantitative estimate of drug-likeness (QED) is 0.836. The van der Waals surface area contributed by atoms with E-state index in [1.165, 1.54) is 6.42 Å². The smallest absolute Gasteiger partial charge is 0.244 e. The summed E-state index contributed by atoms with van der Waals surface area (Å²) in [6, 6.07) is 3.22. The molecular formula is C12H19N3O2S2. The summed E-state index contributed by atoms with van der Waals surface area (Å²) < 4.78 is 27.3. The molecule has 1 aromatic heterocycles. The summed E-state index contributed by atoms with van der Waals surface area (Å²) in [5.74, 6) is 1.54. The SMILES string of the molecule is CCNc1ncccc1S(=O)(=O)NCC1CCCS1. The van der Waals surface area contributed by atoms with Crippen LogP contribution in [-0.2, 0) is 10.0 Å². The molecule has 0 bridgehead atoms. The second kappa shape index (κ2) is 6.58. The highest BCUT2D eigenvalue weighted by molar-refractivity contribution is 8.00. The molecule has 1 aliphatic rings. The van der Waals surface area contributed by atoms with Crippen molar-refractivity contribution in [2.24, 2.45) is 0 Å². The van der Waals surface area contributed by atoms with Crippen molar-refractivity contribution in [3.8, 4) is 0 Å². The van der Waals surface area contributed by atoms with E-state index in [1.807, 2.05) is 18.7 Å². The standard InChI is InChI=1S/C12H19N3O2S2/c1-2-13-12-11(6-3-7-14-12)19(16,17)15-9-10-5-4-8-18-10/h3,6-7,10,15H,2,4-5,8-9H2,1H3,(H,13,14). The van der Waals surface area contributed by atoms with Gasteiger partial charge in [-0.25, -0.2) is 18.1 Å². The maximum atomic E-state index is 12.3. The van der Waals surface area contributed by atoms with Gasteiger partial charge < -0.3 is 5.32 Å². The summed E-state index contributed by atoms with van der Waals surface area (Å²) in [7, 11) is -3.49. The molecule has 5 nitrogen and oxygen atoms in total.